The van der Waals surface area contributed by atoms with Crippen LogP contribution < -0.4 is 5.32 Å². The highest BCUT2D eigenvalue weighted by molar-refractivity contribution is 6.30. The van der Waals surface area contributed by atoms with E-state index in [0.717, 1.165) is 5.69 Å². The molecule has 25 heavy (non-hydrogen) atoms. The summed E-state index contributed by atoms with van der Waals surface area (Å²) >= 11 is 5.91. The minimum Gasteiger partial charge on any atom is -0.462 e. The fourth-order valence-corrected chi connectivity index (χ4v) is 2.28. The van der Waals surface area contributed by atoms with Crippen LogP contribution in [0.3, 0.4) is 0 Å². The molecule has 8 heteroatoms. The number of nitrogens with one attached hydrogen (secondary N) is 1. The molecule has 0 fully saturated rings. The Bertz CT molecular complexity index is 876. The van der Waals surface area contributed by atoms with Gasteiger partial charge in [0.15, 0.2) is 11.4 Å². The van der Waals surface area contributed by atoms with Crippen LogP contribution in [0, 0.1) is 6.92 Å². The van der Waals surface area contributed by atoms with Crippen molar-refractivity contribution in [3.05, 3.63) is 52.7 Å². The third-order valence-electron chi connectivity index (χ3n) is 3.33. The predicted octanol–water partition coefficient (Wildman–Crippen LogP) is 4.01. The van der Waals surface area contributed by atoms with Gasteiger partial charge in [0.05, 0.1) is 12.3 Å². The molecule has 0 aliphatic rings. The van der Waals surface area contributed by atoms with Crippen molar-refractivity contribution >= 4 is 29.3 Å². The van der Waals surface area contributed by atoms with Crippen molar-refractivity contribution in [2.75, 3.05) is 11.9 Å². The summed E-state index contributed by atoms with van der Waals surface area (Å²) in [6.07, 6.45) is 0. The van der Waals surface area contributed by atoms with Crippen LogP contribution in [0.2, 0.25) is 5.02 Å². The van der Waals surface area contributed by atoms with Crippen molar-refractivity contribution in [2.24, 2.45) is 0 Å². The monoisotopic (exact) mass is 358 g/mol. The van der Waals surface area contributed by atoms with Gasteiger partial charge in [-0.25, -0.2) is 4.79 Å². The maximum atomic E-state index is 12.4. The molecule has 1 N–H and O–H groups in total. The standard InChI is InChI=1S/C17H15ClN4O3/c1-3-24-17(23)14-15(11-5-7-12(18)8-6-11)22-25-16(14)19-13-9-4-10(2)20-21-13/h4-9H,3H2,1-2H3,(H,19,21). The number of benzene rings is 1. The zero-order valence-corrected chi connectivity index (χ0v) is 14.4. The van der Waals surface area contributed by atoms with E-state index in [-0.39, 0.29) is 18.1 Å². The first-order valence-corrected chi connectivity index (χ1v) is 7.96. The number of carbonyl (C=O) groups excluding carboxylic acids is 1. The lowest BCUT2D eigenvalue weighted by atomic mass is 10.1. The molecule has 7 nitrogen and oxygen atoms in total. The topological polar surface area (TPSA) is 90.1 Å². The van der Waals surface area contributed by atoms with Gasteiger partial charge in [-0.2, -0.15) is 5.10 Å². The van der Waals surface area contributed by atoms with Crippen LogP contribution in [0.25, 0.3) is 11.3 Å². The molecule has 0 saturated heterocycles. The van der Waals surface area contributed by atoms with Crippen LogP contribution >= 0.6 is 11.6 Å². The van der Waals surface area contributed by atoms with Crippen LogP contribution in [0.5, 0.6) is 0 Å². The highest BCUT2D eigenvalue weighted by atomic mass is 35.5. The van der Waals surface area contributed by atoms with Gasteiger partial charge in [0.1, 0.15) is 5.69 Å². The Kier molecular flexibility index (Phi) is 4.95. The first-order valence-electron chi connectivity index (χ1n) is 7.58. The fourth-order valence-electron chi connectivity index (χ4n) is 2.15. The van der Waals surface area contributed by atoms with Gasteiger partial charge in [0, 0.05) is 10.6 Å². The number of halogens is 1. The van der Waals surface area contributed by atoms with E-state index in [1.54, 1.807) is 43.3 Å². The van der Waals surface area contributed by atoms with Gasteiger partial charge in [0.2, 0.25) is 5.88 Å². The number of ether oxygens (including phenoxy) is 1. The molecule has 1 aromatic carbocycles. The maximum absolute atomic E-state index is 12.4. The summed E-state index contributed by atoms with van der Waals surface area (Å²) in [7, 11) is 0. The average Bonchev–Trinajstić information content (AvgIpc) is 3.01. The zero-order valence-electron chi connectivity index (χ0n) is 13.6. The number of nitrogens with zero attached hydrogens (tertiary/aromatic N) is 3. The molecule has 2 heterocycles. The smallest absolute Gasteiger partial charge is 0.346 e. The molecule has 0 saturated carbocycles. The van der Waals surface area contributed by atoms with Crippen LogP contribution in [-0.2, 0) is 4.74 Å². The number of aromatic nitrogens is 3. The summed E-state index contributed by atoms with van der Waals surface area (Å²) in [5, 5.41) is 15.4. The van der Waals surface area contributed by atoms with Gasteiger partial charge in [-0.3, -0.25) is 0 Å². The molecule has 0 bridgehead atoms. The number of esters is 1. The Morgan fingerprint density at radius 3 is 2.60 bits per heavy atom. The lowest BCUT2D eigenvalue weighted by Crippen LogP contribution is -2.08. The highest BCUT2D eigenvalue weighted by Gasteiger charge is 2.25. The molecule has 128 valence electrons. The molecule has 0 aliphatic heterocycles. The SMILES string of the molecule is CCOC(=O)c1c(-c2ccc(Cl)cc2)noc1Nc1ccc(C)nn1. The van der Waals surface area contributed by atoms with Crippen molar-refractivity contribution in [3.63, 3.8) is 0 Å². The van der Waals surface area contributed by atoms with Gasteiger partial charge < -0.3 is 14.6 Å². The van der Waals surface area contributed by atoms with E-state index in [4.69, 9.17) is 20.9 Å². The number of aryl methyl sites for hydroxylation is 1. The number of anilines is 2. The summed E-state index contributed by atoms with van der Waals surface area (Å²) in [6.45, 7) is 3.79. The van der Waals surface area contributed by atoms with Crippen molar-refractivity contribution in [1.29, 1.82) is 0 Å². The second-order valence-corrected chi connectivity index (χ2v) is 5.58. The van der Waals surface area contributed by atoms with Crippen LogP contribution in [0.4, 0.5) is 11.7 Å². The van der Waals surface area contributed by atoms with Crippen molar-refractivity contribution in [3.8, 4) is 11.3 Å². The van der Waals surface area contributed by atoms with E-state index in [2.05, 4.69) is 20.7 Å². The minimum absolute atomic E-state index is 0.140. The number of hydrogen-bond donors (Lipinski definition) is 1. The molecular weight excluding hydrogens is 344 g/mol. The number of hydrogen-bond acceptors (Lipinski definition) is 7. The van der Waals surface area contributed by atoms with E-state index in [0.29, 0.717) is 22.1 Å². The van der Waals surface area contributed by atoms with Crippen molar-refractivity contribution < 1.29 is 14.1 Å². The maximum Gasteiger partial charge on any atom is 0.346 e. The third-order valence-corrected chi connectivity index (χ3v) is 3.58. The summed E-state index contributed by atoms with van der Waals surface area (Å²) in [4.78, 5) is 12.4. The fraction of sp³-hybridized carbons (Fsp3) is 0.176. The number of rotatable bonds is 5. The van der Waals surface area contributed by atoms with Crippen LogP contribution in [-0.4, -0.2) is 27.9 Å². The van der Waals surface area contributed by atoms with Crippen LogP contribution in [0.15, 0.2) is 40.9 Å². The normalized spacial score (nSPS) is 10.5. The zero-order chi connectivity index (χ0) is 17.8. The van der Waals surface area contributed by atoms with Crippen LogP contribution in [0.1, 0.15) is 23.0 Å². The molecule has 3 aromatic rings. The van der Waals surface area contributed by atoms with Gasteiger partial charge in [0.25, 0.3) is 0 Å². The molecule has 0 unspecified atom stereocenters. The van der Waals surface area contributed by atoms with Crippen molar-refractivity contribution in [2.45, 2.75) is 13.8 Å². The lowest BCUT2D eigenvalue weighted by molar-refractivity contribution is 0.0528. The molecule has 0 spiro atoms. The summed E-state index contributed by atoms with van der Waals surface area (Å²) < 4.78 is 10.4. The van der Waals surface area contributed by atoms with Gasteiger partial charge in [-0.05, 0) is 38.1 Å². The first-order chi connectivity index (χ1) is 12.1. The Hall–Kier alpha value is -2.93. The molecule has 0 radical (unpaired) electrons. The Morgan fingerprint density at radius 1 is 1.20 bits per heavy atom. The lowest BCUT2D eigenvalue weighted by Gasteiger charge is -2.05. The van der Waals surface area contributed by atoms with E-state index in [9.17, 15) is 4.79 Å². The molecule has 0 aliphatic carbocycles. The second kappa shape index (κ2) is 7.31. The van der Waals surface area contributed by atoms with E-state index in [1.807, 2.05) is 6.92 Å². The number of carbonyl (C=O) groups is 1. The van der Waals surface area contributed by atoms with Crippen molar-refractivity contribution in [1.82, 2.24) is 15.4 Å². The van der Waals surface area contributed by atoms with E-state index >= 15 is 0 Å². The van der Waals surface area contributed by atoms with Gasteiger partial charge >= 0.3 is 5.97 Å². The summed E-state index contributed by atoms with van der Waals surface area (Å²) in [5.41, 5.74) is 2.00. The molecule has 2 aromatic heterocycles. The average molecular weight is 359 g/mol. The molecule has 3 rings (SSSR count). The van der Waals surface area contributed by atoms with E-state index < -0.39 is 5.97 Å². The van der Waals surface area contributed by atoms with Gasteiger partial charge in [-0.1, -0.05) is 28.9 Å². The minimum atomic E-state index is -0.545. The molecular formula is C17H15ClN4O3. The Morgan fingerprint density at radius 2 is 1.96 bits per heavy atom. The third kappa shape index (κ3) is 3.77. The Labute approximate surface area is 149 Å². The molecule has 0 atom stereocenters. The largest absolute Gasteiger partial charge is 0.462 e. The Balaban J connectivity index is 2.01. The summed E-state index contributed by atoms with van der Waals surface area (Å²) in [5.74, 6) is 0.0211. The first kappa shape index (κ1) is 16.9. The molecule has 0 amide bonds. The summed E-state index contributed by atoms with van der Waals surface area (Å²) in [6, 6.07) is 10.4. The quantitative estimate of drug-likeness (QED) is 0.689. The van der Waals surface area contributed by atoms with E-state index in [1.165, 1.54) is 0 Å². The second-order valence-electron chi connectivity index (χ2n) is 5.15. The predicted molar refractivity (Wildman–Crippen MR) is 93.0 cm³/mol. The van der Waals surface area contributed by atoms with Gasteiger partial charge in [-0.15, -0.1) is 5.10 Å². The highest BCUT2D eigenvalue weighted by Crippen LogP contribution is 2.31.